The third-order valence-corrected chi connectivity index (χ3v) is 3.92. The number of carbonyl (C=O) groups is 1. The molecular weight excluding hydrogens is 366 g/mol. The van der Waals surface area contributed by atoms with Crippen LogP contribution in [0.3, 0.4) is 0 Å². The fourth-order valence-electron chi connectivity index (χ4n) is 2.03. The summed E-state index contributed by atoms with van der Waals surface area (Å²) < 4.78 is 0.925. The van der Waals surface area contributed by atoms with E-state index in [0.717, 1.165) is 10.9 Å². The Hall–Kier alpha value is -2.58. The van der Waals surface area contributed by atoms with Gasteiger partial charge in [0.2, 0.25) is 0 Å². The van der Waals surface area contributed by atoms with Crippen LogP contribution in [-0.4, -0.2) is 12.5 Å². The number of nitrogens with zero attached hydrogens (tertiary/aromatic N) is 1. The van der Waals surface area contributed by atoms with Crippen molar-refractivity contribution < 1.29 is 4.79 Å². The summed E-state index contributed by atoms with van der Waals surface area (Å²) in [6, 6.07) is 17.4. The molecule has 0 atom stereocenters. The van der Waals surface area contributed by atoms with E-state index in [1.807, 2.05) is 25.1 Å². The standard InChI is InChI=1S/C19H18BrN3O/c1-14-2-4-15(5-3-14)10-11-22-13-16(12-21)19(24)23-18-8-6-17(20)7-9-18/h2-9,13,22H,10-11H2,1H3,(H,23,24)/b16-13-. The molecule has 2 aromatic rings. The van der Waals surface area contributed by atoms with Crippen molar-refractivity contribution in [3.63, 3.8) is 0 Å². The van der Waals surface area contributed by atoms with E-state index < -0.39 is 5.91 Å². The molecule has 2 rings (SSSR count). The summed E-state index contributed by atoms with van der Waals surface area (Å²) in [5.41, 5.74) is 3.12. The second kappa shape index (κ2) is 8.90. The van der Waals surface area contributed by atoms with Gasteiger partial charge in [-0.25, -0.2) is 0 Å². The lowest BCUT2D eigenvalue weighted by atomic mass is 10.1. The molecule has 0 aliphatic rings. The highest BCUT2D eigenvalue weighted by atomic mass is 79.9. The average molecular weight is 384 g/mol. The molecule has 2 aromatic carbocycles. The molecule has 24 heavy (non-hydrogen) atoms. The molecule has 122 valence electrons. The number of benzene rings is 2. The molecule has 0 aliphatic carbocycles. The molecular formula is C19H18BrN3O. The van der Waals surface area contributed by atoms with Crippen molar-refractivity contribution in [2.75, 3.05) is 11.9 Å². The normalized spacial score (nSPS) is 10.8. The number of rotatable bonds is 6. The maximum atomic E-state index is 12.1. The van der Waals surface area contributed by atoms with Gasteiger partial charge >= 0.3 is 0 Å². The van der Waals surface area contributed by atoms with Gasteiger partial charge in [0.25, 0.3) is 5.91 Å². The molecule has 0 bridgehead atoms. The van der Waals surface area contributed by atoms with Crippen LogP contribution in [-0.2, 0) is 11.2 Å². The van der Waals surface area contributed by atoms with Crippen molar-refractivity contribution in [1.29, 1.82) is 5.26 Å². The molecule has 0 heterocycles. The number of anilines is 1. The molecule has 0 saturated heterocycles. The lowest BCUT2D eigenvalue weighted by molar-refractivity contribution is -0.112. The molecule has 4 nitrogen and oxygen atoms in total. The third-order valence-electron chi connectivity index (χ3n) is 3.39. The van der Waals surface area contributed by atoms with Crippen LogP contribution in [0, 0.1) is 18.3 Å². The smallest absolute Gasteiger partial charge is 0.267 e. The summed E-state index contributed by atoms with van der Waals surface area (Å²) in [5.74, 6) is -0.428. The first-order valence-corrected chi connectivity index (χ1v) is 8.34. The van der Waals surface area contributed by atoms with Crippen LogP contribution in [0.5, 0.6) is 0 Å². The minimum atomic E-state index is -0.428. The Labute approximate surface area is 150 Å². The van der Waals surface area contributed by atoms with Gasteiger partial charge in [0, 0.05) is 22.9 Å². The predicted octanol–water partition coefficient (Wildman–Crippen LogP) is 3.94. The van der Waals surface area contributed by atoms with E-state index in [0.29, 0.717) is 12.2 Å². The third kappa shape index (κ3) is 5.56. The van der Waals surface area contributed by atoms with Gasteiger partial charge in [-0.15, -0.1) is 0 Å². The number of amides is 1. The first-order valence-electron chi connectivity index (χ1n) is 7.54. The van der Waals surface area contributed by atoms with Crippen LogP contribution < -0.4 is 10.6 Å². The highest BCUT2D eigenvalue weighted by Crippen LogP contribution is 2.14. The Balaban J connectivity index is 1.86. The number of aryl methyl sites for hydroxylation is 1. The number of hydrogen-bond acceptors (Lipinski definition) is 3. The van der Waals surface area contributed by atoms with E-state index in [4.69, 9.17) is 5.26 Å². The Kier molecular flexibility index (Phi) is 6.59. The van der Waals surface area contributed by atoms with Crippen molar-refractivity contribution in [2.45, 2.75) is 13.3 Å². The molecule has 0 aliphatic heterocycles. The van der Waals surface area contributed by atoms with Gasteiger partial charge in [0.1, 0.15) is 11.6 Å². The Morgan fingerprint density at radius 1 is 1.17 bits per heavy atom. The highest BCUT2D eigenvalue weighted by molar-refractivity contribution is 9.10. The number of hydrogen-bond donors (Lipinski definition) is 2. The topological polar surface area (TPSA) is 64.9 Å². The highest BCUT2D eigenvalue weighted by Gasteiger charge is 2.08. The minimum absolute atomic E-state index is 0.0434. The van der Waals surface area contributed by atoms with Crippen molar-refractivity contribution in [3.8, 4) is 6.07 Å². The second-order valence-corrected chi connectivity index (χ2v) is 6.24. The van der Waals surface area contributed by atoms with Crippen molar-refractivity contribution >= 4 is 27.5 Å². The Morgan fingerprint density at radius 2 is 1.83 bits per heavy atom. The maximum Gasteiger partial charge on any atom is 0.267 e. The van der Waals surface area contributed by atoms with E-state index in [1.54, 1.807) is 12.1 Å². The van der Waals surface area contributed by atoms with Crippen LogP contribution in [0.4, 0.5) is 5.69 Å². The summed E-state index contributed by atoms with van der Waals surface area (Å²) in [6.07, 6.45) is 2.28. The van der Waals surface area contributed by atoms with Crippen LogP contribution >= 0.6 is 15.9 Å². The van der Waals surface area contributed by atoms with E-state index >= 15 is 0 Å². The van der Waals surface area contributed by atoms with Crippen LogP contribution in [0.15, 0.2) is 64.8 Å². The summed E-state index contributed by atoms with van der Waals surface area (Å²) in [5, 5.41) is 14.9. The van der Waals surface area contributed by atoms with Gasteiger partial charge in [-0.2, -0.15) is 5.26 Å². The number of halogens is 1. The second-order valence-electron chi connectivity index (χ2n) is 5.32. The lowest BCUT2D eigenvalue weighted by Crippen LogP contribution is -2.18. The zero-order valence-corrected chi connectivity index (χ0v) is 14.9. The summed E-state index contributed by atoms with van der Waals surface area (Å²) in [7, 11) is 0. The zero-order valence-electron chi connectivity index (χ0n) is 13.3. The van der Waals surface area contributed by atoms with Gasteiger partial charge in [-0.3, -0.25) is 4.79 Å². The largest absolute Gasteiger partial charge is 0.389 e. The van der Waals surface area contributed by atoms with Gasteiger partial charge < -0.3 is 10.6 Å². The number of nitriles is 1. The predicted molar refractivity (Wildman–Crippen MR) is 99.4 cm³/mol. The minimum Gasteiger partial charge on any atom is -0.389 e. The number of nitrogens with one attached hydrogen (secondary N) is 2. The van der Waals surface area contributed by atoms with Gasteiger partial charge in [-0.1, -0.05) is 45.8 Å². The van der Waals surface area contributed by atoms with Crippen molar-refractivity contribution in [2.24, 2.45) is 0 Å². The monoisotopic (exact) mass is 383 g/mol. The van der Waals surface area contributed by atoms with E-state index in [-0.39, 0.29) is 5.57 Å². The quantitative estimate of drug-likeness (QED) is 0.451. The van der Waals surface area contributed by atoms with Crippen molar-refractivity contribution in [3.05, 3.63) is 75.9 Å². The maximum absolute atomic E-state index is 12.1. The average Bonchev–Trinajstić information content (AvgIpc) is 2.58. The summed E-state index contributed by atoms with van der Waals surface area (Å²) in [4.78, 5) is 12.1. The van der Waals surface area contributed by atoms with Gasteiger partial charge in [-0.05, 0) is 43.2 Å². The fraction of sp³-hybridized carbons (Fsp3) is 0.158. The molecule has 2 N–H and O–H groups in total. The Morgan fingerprint density at radius 3 is 2.46 bits per heavy atom. The van der Waals surface area contributed by atoms with Crippen molar-refractivity contribution in [1.82, 2.24) is 5.32 Å². The van der Waals surface area contributed by atoms with Crippen LogP contribution in [0.1, 0.15) is 11.1 Å². The lowest BCUT2D eigenvalue weighted by Gasteiger charge is -2.06. The van der Waals surface area contributed by atoms with Gasteiger partial charge in [0.15, 0.2) is 0 Å². The molecule has 0 saturated carbocycles. The SMILES string of the molecule is Cc1ccc(CCN/C=C(/C#N)C(=O)Nc2ccc(Br)cc2)cc1. The molecule has 0 spiro atoms. The summed E-state index contributed by atoms with van der Waals surface area (Å²) in [6.45, 7) is 2.70. The molecule has 0 aromatic heterocycles. The molecule has 1 amide bonds. The van der Waals surface area contributed by atoms with Gasteiger partial charge in [0.05, 0.1) is 0 Å². The van der Waals surface area contributed by atoms with Crippen LogP contribution in [0.25, 0.3) is 0 Å². The molecule has 0 unspecified atom stereocenters. The molecule has 0 fully saturated rings. The summed E-state index contributed by atoms with van der Waals surface area (Å²) >= 11 is 3.33. The fourth-order valence-corrected chi connectivity index (χ4v) is 2.29. The van der Waals surface area contributed by atoms with E-state index in [2.05, 4.69) is 50.8 Å². The Bertz CT molecular complexity index is 759. The van der Waals surface area contributed by atoms with E-state index in [1.165, 1.54) is 17.3 Å². The zero-order chi connectivity index (χ0) is 17.4. The first-order chi connectivity index (χ1) is 11.6. The number of carbonyl (C=O) groups excluding carboxylic acids is 1. The first kappa shape index (κ1) is 17.8. The van der Waals surface area contributed by atoms with E-state index in [9.17, 15) is 4.79 Å². The molecule has 0 radical (unpaired) electrons. The van der Waals surface area contributed by atoms with Crippen LogP contribution in [0.2, 0.25) is 0 Å². The molecule has 5 heteroatoms.